The first-order valence-electron chi connectivity index (χ1n) is 9.43. The number of pyridine rings is 1. The maximum absolute atomic E-state index is 13.1. The summed E-state index contributed by atoms with van der Waals surface area (Å²) in [5.74, 6) is -1.68. The molecular formula is C20H16F4N6O2. The number of alkyl halides is 4. The lowest BCUT2D eigenvalue weighted by molar-refractivity contribution is -0.117. The number of hydrogen-bond donors (Lipinski definition) is 1. The maximum Gasteiger partial charge on any atom is 0.388 e. The summed E-state index contributed by atoms with van der Waals surface area (Å²) in [5, 5.41) is 15.7. The normalized spacial score (nSPS) is 16.9. The van der Waals surface area contributed by atoms with Crippen LogP contribution in [0.5, 0.6) is 5.88 Å². The Hall–Kier alpha value is -3.75. The van der Waals surface area contributed by atoms with Crippen LogP contribution in [0.3, 0.4) is 0 Å². The number of aromatic nitrogens is 4. The smallest absolute Gasteiger partial charge is 0.388 e. The zero-order chi connectivity index (χ0) is 23.2. The summed E-state index contributed by atoms with van der Waals surface area (Å²) < 4.78 is 56.6. The van der Waals surface area contributed by atoms with Crippen LogP contribution in [0.25, 0.3) is 5.65 Å². The molecule has 0 spiro atoms. The van der Waals surface area contributed by atoms with Gasteiger partial charge in [0.15, 0.2) is 5.65 Å². The molecule has 1 atom stereocenters. The highest BCUT2D eigenvalue weighted by atomic mass is 19.3. The second-order valence-corrected chi connectivity index (χ2v) is 7.90. The van der Waals surface area contributed by atoms with Crippen LogP contribution in [-0.4, -0.2) is 32.1 Å². The van der Waals surface area contributed by atoms with Crippen LogP contribution < -0.4 is 10.1 Å². The van der Waals surface area contributed by atoms with Gasteiger partial charge in [-0.05, 0) is 12.5 Å². The van der Waals surface area contributed by atoms with Gasteiger partial charge in [0.1, 0.15) is 17.3 Å². The summed E-state index contributed by atoms with van der Waals surface area (Å²) in [6, 6.07) is 4.06. The number of rotatable bonds is 5. The van der Waals surface area contributed by atoms with Gasteiger partial charge >= 0.3 is 6.61 Å². The summed E-state index contributed by atoms with van der Waals surface area (Å²) in [4.78, 5) is 20.9. The first-order valence-corrected chi connectivity index (χ1v) is 9.43. The molecule has 0 bridgehead atoms. The predicted octanol–water partition coefficient (Wildman–Crippen LogP) is 3.94. The summed E-state index contributed by atoms with van der Waals surface area (Å²) in [6.45, 7) is 0.590. The van der Waals surface area contributed by atoms with E-state index >= 15 is 0 Å². The highest BCUT2D eigenvalue weighted by Crippen LogP contribution is 2.46. The van der Waals surface area contributed by atoms with Gasteiger partial charge in [-0.2, -0.15) is 19.1 Å². The predicted molar refractivity (Wildman–Crippen MR) is 103 cm³/mol. The number of carbonyl (C=O) groups is 1. The van der Waals surface area contributed by atoms with E-state index < -0.39 is 41.9 Å². The lowest BCUT2D eigenvalue weighted by Crippen LogP contribution is -2.22. The number of fused-ring (bicyclic) bond motifs is 3. The minimum absolute atomic E-state index is 0.118. The van der Waals surface area contributed by atoms with Crippen molar-refractivity contribution in [2.75, 3.05) is 5.32 Å². The summed E-state index contributed by atoms with van der Waals surface area (Å²) in [5.41, 5.74) is 0.263. The van der Waals surface area contributed by atoms with Crippen molar-refractivity contribution in [3.05, 3.63) is 47.0 Å². The van der Waals surface area contributed by atoms with Crippen LogP contribution >= 0.6 is 0 Å². The Balaban J connectivity index is 1.66. The largest absolute Gasteiger partial charge is 0.415 e. The van der Waals surface area contributed by atoms with Gasteiger partial charge in [-0.1, -0.05) is 13.8 Å². The molecule has 12 heteroatoms. The molecule has 3 aromatic heterocycles. The second kappa shape index (κ2) is 7.74. The topological polar surface area (TPSA) is 105 Å². The van der Waals surface area contributed by atoms with Gasteiger partial charge in [0, 0.05) is 23.2 Å². The first-order chi connectivity index (χ1) is 15.1. The summed E-state index contributed by atoms with van der Waals surface area (Å²) in [7, 11) is 0. The van der Waals surface area contributed by atoms with E-state index in [2.05, 4.69) is 25.1 Å². The fraction of sp³-hybridized carbons (Fsp3) is 0.350. The lowest BCUT2D eigenvalue weighted by Gasteiger charge is -2.19. The molecule has 1 aliphatic rings. The average molecular weight is 448 g/mol. The molecule has 0 unspecified atom stereocenters. The number of hydrogen-bond acceptors (Lipinski definition) is 6. The molecule has 32 heavy (non-hydrogen) atoms. The Morgan fingerprint density at radius 1 is 1.28 bits per heavy atom. The Morgan fingerprint density at radius 3 is 2.69 bits per heavy atom. The molecule has 0 fully saturated rings. The molecule has 4 rings (SSSR count). The van der Waals surface area contributed by atoms with Crippen LogP contribution in [-0.2, 0) is 10.2 Å². The number of carbonyl (C=O) groups excluding carboxylic acids is 1. The molecule has 166 valence electrons. The van der Waals surface area contributed by atoms with E-state index in [0.29, 0.717) is 17.7 Å². The first kappa shape index (κ1) is 21.5. The lowest BCUT2D eigenvalue weighted by atomic mass is 9.88. The van der Waals surface area contributed by atoms with Crippen molar-refractivity contribution in [1.82, 2.24) is 19.6 Å². The zero-order valence-corrected chi connectivity index (χ0v) is 16.8. The molecule has 0 saturated carbocycles. The number of ether oxygens (including phenoxy) is 1. The van der Waals surface area contributed by atoms with E-state index in [0.717, 1.165) is 6.20 Å². The summed E-state index contributed by atoms with van der Waals surface area (Å²) in [6.07, 6.45) is 0.166. The van der Waals surface area contributed by atoms with E-state index in [1.165, 1.54) is 22.8 Å². The highest BCUT2D eigenvalue weighted by Gasteiger charge is 2.43. The molecule has 1 aliphatic carbocycles. The van der Waals surface area contributed by atoms with Crippen LogP contribution in [0, 0.1) is 11.3 Å². The molecule has 8 nitrogen and oxygen atoms in total. The van der Waals surface area contributed by atoms with Gasteiger partial charge in [0.2, 0.25) is 11.8 Å². The highest BCUT2D eigenvalue weighted by molar-refractivity contribution is 5.96. The Labute approximate surface area is 178 Å². The third-order valence-corrected chi connectivity index (χ3v) is 5.24. The Kier molecular flexibility index (Phi) is 5.20. The summed E-state index contributed by atoms with van der Waals surface area (Å²) >= 11 is 0. The minimum Gasteiger partial charge on any atom is -0.415 e. The van der Waals surface area contributed by atoms with Crippen molar-refractivity contribution in [3.8, 4) is 11.9 Å². The van der Waals surface area contributed by atoms with Crippen molar-refractivity contribution in [3.63, 3.8) is 0 Å². The van der Waals surface area contributed by atoms with Gasteiger partial charge in [0.05, 0.1) is 23.5 Å². The standard InChI is InChI=1S/C20H16F4N6O2/c1-20(2)5-11(12-8-26-14-4-13(16(21)22)29-30(14)15(12)20)17(31)28-10-3-9(6-25)18(27-7-10)32-19(23)24/h3-4,7-8,11,16,19H,5H2,1-2H3,(H,28,31)/t11-/m0/s1. The van der Waals surface area contributed by atoms with Crippen molar-refractivity contribution in [2.24, 2.45) is 0 Å². The maximum atomic E-state index is 13.1. The Morgan fingerprint density at radius 2 is 2.03 bits per heavy atom. The van der Waals surface area contributed by atoms with E-state index in [-0.39, 0.29) is 16.9 Å². The van der Waals surface area contributed by atoms with E-state index in [4.69, 9.17) is 5.26 Å². The van der Waals surface area contributed by atoms with Gasteiger partial charge in [-0.25, -0.2) is 23.3 Å². The molecule has 0 saturated heterocycles. The van der Waals surface area contributed by atoms with Crippen molar-refractivity contribution in [2.45, 2.75) is 44.6 Å². The molecule has 3 heterocycles. The minimum atomic E-state index is -3.15. The van der Waals surface area contributed by atoms with Crippen LogP contribution in [0.1, 0.15) is 55.1 Å². The average Bonchev–Trinajstić information content (AvgIpc) is 3.27. The molecule has 0 aromatic carbocycles. The van der Waals surface area contributed by atoms with Crippen LogP contribution in [0.2, 0.25) is 0 Å². The fourth-order valence-electron chi connectivity index (χ4n) is 3.96. The number of nitrogens with zero attached hydrogens (tertiary/aromatic N) is 5. The molecule has 0 aliphatic heterocycles. The van der Waals surface area contributed by atoms with Crippen molar-refractivity contribution in [1.29, 1.82) is 5.26 Å². The fourth-order valence-corrected chi connectivity index (χ4v) is 3.96. The number of amides is 1. The van der Waals surface area contributed by atoms with Gasteiger partial charge < -0.3 is 10.1 Å². The number of anilines is 1. The number of nitrogens with one attached hydrogen (secondary N) is 1. The van der Waals surface area contributed by atoms with Crippen molar-refractivity contribution >= 4 is 17.2 Å². The second-order valence-electron chi connectivity index (χ2n) is 7.90. The molecule has 1 amide bonds. The monoisotopic (exact) mass is 448 g/mol. The molecular weight excluding hydrogens is 432 g/mol. The van der Waals surface area contributed by atoms with Crippen LogP contribution in [0.15, 0.2) is 24.5 Å². The third-order valence-electron chi connectivity index (χ3n) is 5.24. The number of halogens is 4. The third kappa shape index (κ3) is 3.70. The SMILES string of the molecule is CC1(C)C[C@H](C(=O)Nc2cnc(OC(F)F)c(C#N)c2)c2cnc3cc(C(F)F)nn3c21. The van der Waals surface area contributed by atoms with Crippen molar-refractivity contribution < 1.29 is 27.1 Å². The molecule has 0 radical (unpaired) electrons. The van der Waals surface area contributed by atoms with E-state index in [1.807, 2.05) is 13.8 Å². The number of nitriles is 1. The quantitative estimate of drug-likeness (QED) is 0.593. The van der Waals surface area contributed by atoms with Gasteiger partial charge in [0.25, 0.3) is 6.43 Å². The van der Waals surface area contributed by atoms with Gasteiger partial charge in [-0.3, -0.25) is 4.79 Å². The Bertz CT molecular complexity index is 1250. The zero-order valence-electron chi connectivity index (χ0n) is 16.8. The van der Waals surface area contributed by atoms with Gasteiger partial charge in [-0.15, -0.1) is 0 Å². The van der Waals surface area contributed by atoms with E-state index in [9.17, 15) is 22.4 Å². The molecule has 3 aromatic rings. The molecule has 1 N–H and O–H groups in total. The van der Waals surface area contributed by atoms with Crippen LogP contribution in [0.4, 0.5) is 23.2 Å². The van der Waals surface area contributed by atoms with E-state index in [1.54, 1.807) is 6.07 Å².